The predicted molar refractivity (Wildman–Crippen MR) is 72.1 cm³/mol. The Kier molecular flexibility index (Phi) is 11.5. The van der Waals surface area contributed by atoms with Crippen LogP contribution in [-0.2, 0) is 9.53 Å². The molecule has 0 heterocycles. The van der Waals surface area contributed by atoms with E-state index in [1.54, 1.807) is 0 Å². The molecule has 102 valence electrons. The molecule has 0 aliphatic carbocycles. The van der Waals surface area contributed by atoms with E-state index in [0.717, 1.165) is 19.4 Å². The molecule has 0 aromatic rings. The van der Waals surface area contributed by atoms with Gasteiger partial charge in [0.05, 0.1) is 6.61 Å². The van der Waals surface area contributed by atoms with Gasteiger partial charge in [-0.1, -0.05) is 46.5 Å². The highest BCUT2D eigenvalue weighted by atomic mass is 16.5. The van der Waals surface area contributed by atoms with Crippen molar-refractivity contribution in [3.8, 4) is 0 Å². The summed E-state index contributed by atoms with van der Waals surface area (Å²) in [5, 5.41) is 3.28. The molecule has 0 radical (unpaired) electrons. The van der Waals surface area contributed by atoms with Crippen molar-refractivity contribution in [3.05, 3.63) is 0 Å². The molecule has 0 rings (SSSR count). The van der Waals surface area contributed by atoms with Crippen molar-refractivity contribution >= 4 is 5.97 Å². The van der Waals surface area contributed by atoms with Gasteiger partial charge in [0, 0.05) is 12.5 Å². The molecule has 0 aliphatic rings. The van der Waals surface area contributed by atoms with Crippen LogP contribution in [0.1, 0.15) is 65.7 Å². The van der Waals surface area contributed by atoms with Gasteiger partial charge in [-0.3, -0.25) is 4.79 Å². The van der Waals surface area contributed by atoms with Crippen molar-refractivity contribution in [1.82, 2.24) is 5.32 Å². The van der Waals surface area contributed by atoms with Gasteiger partial charge in [-0.05, 0) is 19.4 Å². The molecule has 0 aliphatic heterocycles. The molecule has 0 saturated carbocycles. The van der Waals surface area contributed by atoms with Crippen molar-refractivity contribution in [2.75, 3.05) is 13.2 Å². The van der Waals surface area contributed by atoms with Crippen LogP contribution < -0.4 is 5.32 Å². The predicted octanol–water partition coefficient (Wildman–Crippen LogP) is 3.28. The van der Waals surface area contributed by atoms with Gasteiger partial charge in [0.25, 0.3) is 0 Å². The van der Waals surface area contributed by atoms with Crippen molar-refractivity contribution in [1.29, 1.82) is 0 Å². The average molecular weight is 243 g/mol. The zero-order valence-electron chi connectivity index (χ0n) is 11.8. The normalized spacial score (nSPS) is 10.8. The van der Waals surface area contributed by atoms with Crippen LogP contribution in [0.15, 0.2) is 0 Å². The minimum absolute atomic E-state index is 0.0500. The first-order valence-corrected chi connectivity index (χ1v) is 7.05. The second-order valence-corrected chi connectivity index (χ2v) is 4.85. The van der Waals surface area contributed by atoms with Crippen LogP contribution in [0.2, 0.25) is 0 Å². The maximum Gasteiger partial charge on any atom is 0.305 e. The Morgan fingerprint density at radius 1 is 1.12 bits per heavy atom. The number of carbonyl (C=O) groups excluding carboxylic acids is 1. The van der Waals surface area contributed by atoms with Crippen LogP contribution in [0, 0.1) is 0 Å². The summed E-state index contributed by atoms with van der Waals surface area (Å²) in [6, 6.07) is 0.490. The van der Waals surface area contributed by atoms with E-state index in [2.05, 4.69) is 26.1 Å². The standard InChI is InChI=1S/C14H29NO2/c1-4-5-6-7-8-12-17-14(16)10-9-11-15-13(2)3/h13,15H,4-12H2,1-3H3. The summed E-state index contributed by atoms with van der Waals surface area (Å²) in [6.07, 6.45) is 7.39. The number of ether oxygens (including phenoxy) is 1. The van der Waals surface area contributed by atoms with E-state index >= 15 is 0 Å². The first-order valence-electron chi connectivity index (χ1n) is 7.05. The zero-order chi connectivity index (χ0) is 12.9. The molecule has 0 unspecified atom stereocenters. The van der Waals surface area contributed by atoms with Gasteiger partial charge >= 0.3 is 5.97 Å². The Labute approximate surface area is 106 Å². The van der Waals surface area contributed by atoms with Gasteiger partial charge in [-0.25, -0.2) is 0 Å². The fourth-order valence-electron chi connectivity index (χ4n) is 1.59. The lowest BCUT2D eigenvalue weighted by Gasteiger charge is -2.07. The molecule has 0 aromatic carbocycles. The molecule has 0 saturated heterocycles. The van der Waals surface area contributed by atoms with Crippen molar-refractivity contribution in [3.63, 3.8) is 0 Å². The van der Waals surface area contributed by atoms with E-state index in [0.29, 0.717) is 19.1 Å². The fourth-order valence-corrected chi connectivity index (χ4v) is 1.59. The van der Waals surface area contributed by atoms with Crippen LogP contribution in [0.4, 0.5) is 0 Å². The van der Waals surface area contributed by atoms with Crippen LogP contribution in [-0.4, -0.2) is 25.2 Å². The Hall–Kier alpha value is -0.570. The second kappa shape index (κ2) is 11.9. The number of hydrogen-bond donors (Lipinski definition) is 1. The number of unbranched alkanes of at least 4 members (excludes halogenated alkanes) is 4. The summed E-state index contributed by atoms with van der Waals surface area (Å²) in [5.74, 6) is -0.0500. The number of carbonyl (C=O) groups is 1. The van der Waals surface area contributed by atoms with Crippen LogP contribution in [0.5, 0.6) is 0 Å². The average Bonchev–Trinajstić information content (AvgIpc) is 2.29. The second-order valence-electron chi connectivity index (χ2n) is 4.85. The Morgan fingerprint density at radius 3 is 2.47 bits per heavy atom. The lowest BCUT2D eigenvalue weighted by atomic mass is 10.2. The summed E-state index contributed by atoms with van der Waals surface area (Å²) in [4.78, 5) is 11.3. The summed E-state index contributed by atoms with van der Waals surface area (Å²) in [6.45, 7) is 7.90. The largest absolute Gasteiger partial charge is 0.466 e. The van der Waals surface area contributed by atoms with E-state index in [-0.39, 0.29) is 5.97 Å². The highest BCUT2D eigenvalue weighted by Crippen LogP contribution is 2.03. The van der Waals surface area contributed by atoms with Gasteiger partial charge < -0.3 is 10.1 Å². The number of esters is 1. The van der Waals surface area contributed by atoms with Crippen molar-refractivity contribution < 1.29 is 9.53 Å². The minimum Gasteiger partial charge on any atom is -0.466 e. The van der Waals surface area contributed by atoms with E-state index in [1.807, 2.05) is 0 Å². The molecule has 3 heteroatoms. The third kappa shape index (κ3) is 13.4. The van der Waals surface area contributed by atoms with Gasteiger partial charge in [-0.15, -0.1) is 0 Å². The molecule has 0 spiro atoms. The fraction of sp³-hybridized carbons (Fsp3) is 0.929. The summed E-state index contributed by atoms with van der Waals surface area (Å²) in [7, 11) is 0. The van der Waals surface area contributed by atoms with Gasteiger partial charge in [-0.2, -0.15) is 0 Å². The van der Waals surface area contributed by atoms with E-state index < -0.39 is 0 Å². The molecule has 0 fully saturated rings. The Morgan fingerprint density at radius 2 is 1.82 bits per heavy atom. The minimum atomic E-state index is -0.0500. The van der Waals surface area contributed by atoms with Gasteiger partial charge in [0.15, 0.2) is 0 Å². The first-order chi connectivity index (χ1) is 8.16. The van der Waals surface area contributed by atoms with E-state index in [9.17, 15) is 4.79 Å². The molecule has 0 amide bonds. The Bertz CT molecular complexity index is 181. The lowest BCUT2D eigenvalue weighted by Crippen LogP contribution is -2.24. The maximum absolute atomic E-state index is 11.3. The number of nitrogens with one attached hydrogen (secondary N) is 1. The van der Waals surface area contributed by atoms with Crippen LogP contribution in [0.25, 0.3) is 0 Å². The molecule has 3 nitrogen and oxygen atoms in total. The Balaban J connectivity index is 3.18. The smallest absolute Gasteiger partial charge is 0.305 e. The number of rotatable bonds is 11. The number of hydrogen-bond acceptors (Lipinski definition) is 3. The molecular weight excluding hydrogens is 214 g/mol. The quantitative estimate of drug-likeness (QED) is 0.447. The van der Waals surface area contributed by atoms with Crippen molar-refractivity contribution in [2.24, 2.45) is 0 Å². The lowest BCUT2D eigenvalue weighted by molar-refractivity contribution is -0.143. The van der Waals surface area contributed by atoms with Crippen molar-refractivity contribution in [2.45, 2.75) is 71.8 Å². The first kappa shape index (κ1) is 16.4. The third-order valence-electron chi connectivity index (χ3n) is 2.62. The summed E-state index contributed by atoms with van der Waals surface area (Å²) < 4.78 is 5.16. The third-order valence-corrected chi connectivity index (χ3v) is 2.62. The topological polar surface area (TPSA) is 38.3 Å². The molecule has 0 aromatic heterocycles. The maximum atomic E-state index is 11.3. The van der Waals surface area contributed by atoms with Crippen LogP contribution in [0.3, 0.4) is 0 Å². The molecule has 17 heavy (non-hydrogen) atoms. The van der Waals surface area contributed by atoms with Crippen LogP contribution >= 0.6 is 0 Å². The van der Waals surface area contributed by atoms with Gasteiger partial charge in [0.2, 0.25) is 0 Å². The molecular formula is C14H29NO2. The molecule has 1 N–H and O–H groups in total. The molecule has 0 atom stereocenters. The van der Waals surface area contributed by atoms with E-state index in [1.165, 1.54) is 25.7 Å². The summed E-state index contributed by atoms with van der Waals surface area (Å²) in [5.41, 5.74) is 0. The molecule has 0 bridgehead atoms. The monoisotopic (exact) mass is 243 g/mol. The highest BCUT2D eigenvalue weighted by Gasteiger charge is 2.02. The van der Waals surface area contributed by atoms with E-state index in [4.69, 9.17) is 4.74 Å². The highest BCUT2D eigenvalue weighted by molar-refractivity contribution is 5.69. The zero-order valence-corrected chi connectivity index (χ0v) is 11.8. The SMILES string of the molecule is CCCCCCCOC(=O)CCCNC(C)C. The van der Waals surface area contributed by atoms with Gasteiger partial charge in [0.1, 0.15) is 0 Å². The summed E-state index contributed by atoms with van der Waals surface area (Å²) >= 11 is 0.